The number of nitrogens with zero attached hydrogens (tertiary/aromatic N) is 1. The number of carbonyl (C=O) groups excluding carboxylic acids is 1. The van der Waals surface area contributed by atoms with E-state index in [2.05, 4.69) is 18.3 Å². The summed E-state index contributed by atoms with van der Waals surface area (Å²) in [7, 11) is 0. The summed E-state index contributed by atoms with van der Waals surface area (Å²) >= 11 is 0. The topological polar surface area (TPSA) is 110 Å². The third-order valence-electron chi connectivity index (χ3n) is 3.82. The summed E-state index contributed by atoms with van der Waals surface area (Å²) in [6.45, 7) is 1.64. The number of hydrogen-bond acceptors (Lipinski definition) is 5. The van der Waals surface area contributed by atoms with Gasteiger partial charge in [-0.05, 0) is 19.3 Å². The molecule has 1 amide bonds. The number of carboxylic acids is 1. The lowest BCUT2D eigenvalue weighted by Crippen LogP contribution is -2.45. The number of nitrogens with one attached hydrogen (secondary N) is 1. The minimum absolute atomic E-state index is 0.110. The smallest absolute Gasteiger partial charge is 0.317 e. The van der Waals surface area contributed by atoms with Crippen molar-refractivity contribution in [3.8, 4) is 0 Å². The van der Waals surface area contributed by atoms with Gasteiger partial charge in [-0.3, -0.25) is 14.5 Å². The van der Waals surface area contributed by atoms with Gasteiger partial charge in [0, 0.05) is 19.5 Å². The summed E-state index contributed by atoms with van der Waals surface area (Å²) in [6, 6.07) is 0. The maximum absolute atomic E-state index is 11.7. The summed E-state index contributed by atoms with van der Waals surface area (Å²) in [5.74, 6) is -1.21. The highest BCUT2D eigenvalue weighted by atomic mass is 16.4. The zero-order chi connectivity index (χ0) is 18.9. The standard InChI is InChI=1S/C18H34N2O5/c1-2-3-4-5-6-7-8-9-10-11-16(22)19-12-13-20(14-18(24)25)17(23)15-21/h8-9,17,21,23H,2-7,10-15H2,1H3,(H,19,22)(H,24,25)/b9-8+. The Hall–Kier alpha value is -1.44. The fourth-order valence-corrected chi connectivity index (χ4v) is 2.37. The summed E-state index contributed by atoms with van der Waals surface area (Å²) < 4.78 is 0. The van der Waals surface area contributed by atoms with Crippen molar-refractivity contribution < 1.29 is 24.9 Å². The van der Waals surface area contributed by atoms with Crippen LogP contribution in [0.15, 0.2) is 12.2 Å². The number of aliphatic hydroxyl groups excluding tert-OH is 2. The van der Waals surface area contributed by atoms with Gasteiger partial charge in [-0.25, -0.2) is 0 Å². The molecule has 0 aliphatic carbocycles. The number of amides is 1. The number of carbonyl (C=O) groups is 2. The molecule has 0 aromatic heterocycles. The molecule has 146 valence electrons. The summed E-state index contributed by atoms with van der Waals surface area (Å²) in [5.41, 5.74) is 0. The van der Waals surface area contributed by atoms with Gasteiger partial charge in [0.15, 0.2) is 0 Å². The van der Waals surface area contributed by atoms with Gasteiger partial charge in [0.1, 0.15) is 6.23 Å². The van der Waals surface area contributed by atoms with Crippen LogP contribution < -0.4 is 5.32 Å². The lowest BCUT2D eigenvalue weighted by molar-refractivity contribution is -0.142. The lowest BCUT2D eigenvalue weighted by Gasteiger charge is -2.24. The second-order valence-corrected chi connectivity index (χ2v) is 6.09. The molecule has 7 nitrogen and oxygen atoms in total. The number of unbranched alkanes of at least 4 members (excludes halogenated alkanes) is 5. The highest BCUT2D eigenvalue weighted by Gasteiger charge is 2.17. The van der Waals surface area contributed by atoms with Gasteiger partial charge in [-0.2, -0.15) is 0 Å². The second kappa shape index (κ2) is 16.1. The van der Waals surface area contributed by atoms with Gasteiger partial charge < -0.3 is 20.6 Å². The molecule has 0 aromatic carbocycles. The largest absolute Gasteiger partial charge is 0.480 e. The van der Waals surface area contributed by atoms with E-state index < -0.39 is 25.3 Å². The molecule has 1 unspecified atom stereocenters. The molecule has 0 aliphatic rings. The van der Waals surface area contributed by atoms with E-state index >= 15 is 0 Å². The van der Waals surface area contributed by atoms with Crippen LogP contribution in [0.4, 0.5) is 0 Å². The van der Waals surface area contributed by atoms with Gasteiger partial charge in [0.05, 0.1) is 13.2 Å². The molecular weight excluding hydrogens is 324 g/mol. The van der Waals surface area contributed by atoms with Crippen LogP contribution in [-0.4, -0.2) is 64.6 Å². The average molecular weight is 358 g/mol. The van der Waals surface area contributed by atoms with Crippen molar-refractivity contribution in [1.29, 1.82) is 0 Å². The van der Waals surface area contributed by atoms with E-state index in [4.69, 9.17) is 10.2 Å². The van der Waals surface area contributed by atoms with Crippen LogP contribution >= 0.6 is 0 Å². The first kappa shape index (κ1) is 23.6. The van der Waals surface area contributed by atoms with Gasteiger partial charge in [0.2, 0.25) is 5.91 Å². The molecule has 0 aromatic rings. The van der Waals surface area contributed by atoms with Crippen LogP contribution in [0.1, 0.15) is 58.3 Å². The predicted octanol–water partition coefficient (Wildman–Crippen LogP) is 1.50. The van der Waals surface area contributed by atoms with Gasteiger partial charge >= 0.3 is 5.97 Å². The minimum Gasteiger partial charge on any atom is -0.480 e. The first-order valence-electron chi connectivity index (χ1n) is 9.17. The Bertz CT molecular complexity index is 388. The van der Waals surface area contributed by atoms with E-state index in [1.54, 1.807) is 0 Å². The van der Waals surface area contributed by atoms with Crippen LogP contribution in [0, 0.1) is 0 Å². The molecule has 0 fully saturated rings. The Kier molecular flexibility index (Phi) is 15.1. The highest BCUT2D eigenvalue weighted by molar-refractivity contribution is 5.76. The number of carboxylic acid groups (broad SMARTS) is 1. The Morgan fingerprint density at radius 3 is 2.44 bits per heavy atom. The highest BCUT2D eigenvalue weighted by Crippen LogP contribution is 2.05. The minimum atomic E-state index is -1.24. The first-order chi connectivity index (χ1) is 12.0. The zero-order valence-corrected chi connectivity index (χ0v) is 15.3. The third kappa shape index (κ3) is 14.6. The van der Waals surface area contributed by atoms with Crippen LogP contribution in [0.5, 0.6) is 0 Å². The van der Waals surface area contributed by atoms with Crippen LogP contribution in [0.2, 0.25) is 0 Å². The van der Waals surface area contributed by atoms with E-state index in [0.29, 0.717) is 12.8 Å². The molecule has 0 saturated carbocycles. The number of hydrogen-bond donors (Lipinski definition) is 4. The van der Waals surface area contributed by atoms with Crippen molar-refractivity contribution in [2.75, 3.05) is 26.2 Å². The van der Waals surface area contributed by atoms with Crippen molar-refractivity contribution in [2.24, 2.45) is 0 Å². The Balaban J connectivity index is 3.76. The molecule has 4 N–H and O–H groups in total. The maximum Gasteiger partial charge on any atom is 0.317 e. The van der Waals surface area contributed by atoms with Crippen molar-refractivity contribution >= 4 is 11.9 Å². The molecule has 0 radical (unpaired) electrons. The molecule has 0 spiro atoms. The zero-order valence-electron chi connectivity index (χ0n) is 15.3. The van der Waals surface area contributed by atoms with Crippen molar-refractivity contribution in [2.45, 2.75) is 64.5 Å². The van der Waals surface area contributed by atoms with E-state index in [1.165, 1.54) is 37.0 Å². The molecule has 25 heavy (non-hydrogen) atoms. The molecule has 0 saturated heterocycles. The van der Waals surface area contributed by atoms with E-state index in [1.807, 2.05) is 6.08 Å². The monoisotopic (exact) mass is 358 g/mol. The van der Waals surface area contributed by atoms with E-state index in [9.17, 15) is 14.7 Å². The van der Waals surface area contributed by atoms with Crippen LogP contribution in [0.25, 0.3) is 0 Å². The lowest BCUT2D eigenvalue weighted by atomic mass is 10.1. The average Bonchev–Trinajstić information content (AvgIpc) is 2.58. The number of aliphatic carboxylic acids is 1. The SMILES string of the molecule is CCCCCCC/C=C/CCC(=O)NCCN(CC(=O)O)C(O)CO. The molecular formula is C18H34N2O5. The van der Waals surface area contributed by atoms with Crippen LogP contribution in [0.3, 0.4) is 0 Å². The fraction of sp³-hybridized carbons (Fsp3) is 0.778. The predicted molar refractivity (Wildman–Crippen MR) is 97.1 cm³/mol. The number of allylic oxidation sites excluding steroid dienone is 2. The maximum atomic E-state index is 11.7. The summed E-state index contributed by atoms with van der Waals surface area (Å²) in [4.78, 5) is 23.6. The van der Waals surface area contributed by atoms with Crippen LogP contribution in [-0.2, 0) is 9.59 Å². The molecule has 0 heterocycles. The molecule has 0 rings (SSSR count). The fourth-order valence-electron chi connectivity index (χ4n) is 2.37. The second-order valence-electron chi connectivity index (χ2n) is 6.09. The van der Waals surface area contributed by atoms with Gasteiger partial charge in [-0.1, -0.05) is 44.8 Å². The first-order valence-corrected chi connectivity index (χ1v) is 9.17. The van der Waals surface area contributed by atoms with Gasteiger partial charge in [0.25, 0.3) is 0 Å². The molecule has 1 atom stereocenters. The third-order valence-corrected chi connectivity index (χ3v) is 3.82. The Labute approximate surface area is 150 Å². The van der Waals surface area contributed by atoms with Crippen molar-refractivity contribution in [3.05, 3.63) is 12.2 Å². The molecule has 0 bridgehead atoms. The van der Waals surface area contributed by atoms with E-state index in [0.717, 1.165) is 6.42 Å². The summed E-state index contributed by atoms with van der Waals surface area (Å²) in [6.07, 6.45) is 11.3. The Morgan fingerprint density at radius 1 is 1.12 bits per heavy atom. The molecule has 7 heteroatoms. The van der Waals surface area contributed by atoms with Gasteiger partial charge in [-0.15, -0.1) is 0 Å². The summed E-state index contributed by atoms with van der Waals surface area (Å²) in [5, 5.41) is 29.9. The van der Waals surface area contributed by atoms with Crippen molar-refractivity contribution in [1.82, 2.24) is 10.2 Å². The normalized spacial score (nSPS) is 12.6. The quantitative estimate of drug-likeness (QED) is 0.189. The Morgan fingerprint density at radius 2 is 1.80 bits per heavy atom. The number of aliphatic hydroxyl groups is 2. The molecule has 0 aliphatic heterocycles. The number of rotatable bonds is 16. The van der Waals surface area contributed by atoms with E-state index in [-0.39, 0.29) is 19.0 Å². The van der Waals surface area contributed by atoms with Crippen molar-refractivity contribution in [3.63, 3.8) is 0 Å².